The number of amides is 1. The Bertz CT molecular complexity index is 448. The van der Waals surface area contributed by atoms with E-state index < -0.39 is 5.54 Å². The summed E-state index contributed by atoms with van der Waals surface area (Å²) in [5.74, 6) is -0.345. The molecule has 0 unspecified atom stereocenters. The second-order valence-corrected chi connectivity index (χ2v) is 4.10. The molecule has 1 amide bonds. The zero-order valence-corrected chi connectivity index (χ0v) is 10.8. The molecule has 0 spiro atoms. The molecule has 0 radical (unpaired) electrons. The standard InChI is InChI=1S/C11H19N5O2/c1-4-11(5-2,10(12)15-18)13-9(17)8-6-7-16(3)14-8/h6-7,18H,4-5H2,1-3H3,(H2,12,15)(H,13,17). The van der Waals surface area contributed by atoms with Crippen molar-refractivity contribution in [3.05, 3.63) is 18.0 Å². The number of amidine groups is 1. The van der Waals surface area contributed by atoms with Gasteiger partial charge in [0.1, 0.15) is 11.2 Å². The summed E-state index contributed by atoms with van der Waals surface area (Å²) in [6.07, 6.45) is 2.73. The monoisotopic (exact) mass is 253 g/mol. The van der Waals surface area contributed by atoms with E-state index in [1.165, 1.54) is 4.68 Å². The van der Waals surface area contributed by atoms with Crippen LogP contribution in [0.5, 0.6) is 0 Å². The van der Waals surface area contributed by atoms with Gasteiger partial charge in [0.2, 0.25) is 0 Å². The highest BCUT2D eigenvalue weighted by Crippen LogP contribution is 2.16. The summed E-state index contributed by atoms with van der Waals surface area (Å²) in [5.41, 5.74) is 5.12. The number of rotatable bonds is 5. The van der Waals surface area contributed by atoms with Crippen molar-refractivity contribution >= 4 is 11.7 Å². The van der Waals surface area contributed by atoms with Crippen LogP contribution in [0.3, 0.4) is 0 Å². The van der Waals surface area contributed by atoms with E-state index in [4.69, 9.17) is 10.9 Å². The second kappa shape index (κ2) is 5.52. The number of carbonyl (C=O) groups is 1. The van der Waals surface area contributed by atoms with Crippen molar-refractivity contribution in [3.63, 3.8) is 0 Å². The Labute approximate surface area is 106 Å². The highest BCUT2D eigenvalue weighted by Gasteiger charge is 2.34. The lowest BCUT2D eigenvalue weighted by molar-refractivity contribution is 0.0912. The molecule has 4 N–H and O–H groups in total. The molecule has 18 heavy (non-hydrogen) atoms. The molecule has 0 aliphatic heterocycles. The van der Waals surface area contributed by atoms with Gasteiger partial charge in [0.25, 0.3) is 5.91 Å². The number of hydrogen-bond acceptors (Lipinski definition) is 4. The summed E-state index contributed by atoms with van der Waals surface area (Å²) in [4.78, 5) is 12.0. The van der Waals surface area contributed by atoms with Crippen molar-refractivity contribution in [2.45, 2.75) is 32.2 Å². The fourth-order valence-corrected chi connectivity index (χ4v) is 1.77. The van der Waals surface area contributed by atoms with Crippen LogP contribution >= 0.6 is 0 Å². The Morgan fingerprint density at radius 1 is 1.61 bits per heavy atom. The quantitative estimate of drug-likeness (QED) is 0.306. The Morgan fingerprint density at radius 3 is 2.61 bits per heavy atom. The summed E-state index contributed by atoms with van der Waals surface area (Å²) in [5, 5.41) is 18.6. The van der Waals surface area contributed by atoms with Crippen LogP contribution in [-0.2, 0) is 7.05 Å². The number of aryl methyl sites for hydroxylation is 1. The van der Waals surface area contributed by atoms with Gasteiger partial charge in [-0.3, -0.25) is 9.48 Å². The minimum Gasteiger partial charge on any atom is -0.409 e. The fraction of sp³-hybridized carbons (Fsp3) is 0.545. The van der Waals surface area contributed by atoms with Crippen LogP contribution in [0.2, 0.25) is 0 Å². The van der Waals surface area contributed by atoms with E-state index >= 15 is 0 Å². The summed E-state index contributed by atoms with van der Waals surface area (Å²) in [7, 11) is 1.73. The highest BCUT2D eigenvalue weighted by molar-refractivity contribution is 5.99. The van der Waals surface area contributed by atoms with Crippen LogP contribution in [0.15, 0.2) is 17.4 Å². The molecule has 0 saturated heterocycles. The Hall–Kier alpha value is -2.05. The van der Waals surface area contributed by atoms with Gasteiger partial charge in [0.05, 0.1) is 0 Å². The van der Waals surface area contributed by atoms with Crippen molar-refractivity contribution in [1.29, 1.82) is 0 Å². The first-order valence-electron chi connectivity index (χ1n) is 5.79. The molecule has 0 fully saturated rings. The van der Waals surface area contributed by atoms with Gasteiger partial charge in [0.15, 0.2) is 5.84 Å². The topological polar surface area (TPSA) is 106 Å². The lowest BCUT2D eigenvalue weighted by Crippen LogP contribution is -2.57. The van der Waals surface area contributed by atoms with Gasteiger partial charge >= 0.3 is 0 Å². The average Bonchev–Trinajstić information content (AvgIpc) is 2.81. The fourth-order valence-electron chi connectivity index (χ4n) is 1.77. The third kappa shape index (κ3) is 2.61. The molecule has 1 aromatic heterocycles. The van der Waals surface area contributed by atoms with E-state index in [9.17, 15) is 4.79 Å². The van der Waals surface area contributed by atoms with Gasteiger partial charge in [-0.2, -0.15) is 5.10 Å². The third-order valence-corrected chi connectivity index (χ3v) is 3.10. The number of hydrogen-bond donors (Lipinski definition) is 3. The molecular weight excluding hydrogens is 234 g/mol. The van der Waals surface area contributed by atoms with Crippen LogP contribution in [0.1, 0.15) is 37.2 Å². The first kappa shape index (κ1) is 14.0. The summed E-state index contributed by atoms with van der Waals surface area (Å²) in [6.45, 7) is 3.72. The van der Waals surface area contributed by atoms with E-state index in [0.717, 1.165) is 0 Å². The third-order valence-electron chi connectivity index (χ3n) is 3.10. The minimum absolute atomic E-state index is 0.00298. The van der Waals surface area contributed by atoms with Crippen LogP contribution in [0.25, 0.3) is 0 Å². The number of nitrogens with one attached hydrogen (secondary N) is 1. The van der Waals surface area contributed by atoms with Gasteiger partial charge in [0, 0.05) is 13.2 Å². The zero-order chi connectivity index (χ0) is 13.8. The Kier molecular flexibility index (Phi) is 4.30. The van der Waals surface area contributed by atoms with Gasteiger partial charge < -0.3 is 16.3 Å². The molecule has 0 aromatic carbocycles. The highest BCUT2D eigenvalue weighted by atomic mass is 16.4. The van der Waals surface area contributed by atoms with E-state index in [1.807, 2.05) is 13.8 Å². The number of oxime groups is 1. The summed E-state index contributed by atoms with van der Waals surface area (Å²) < 4.78 is 1.54. The van der Waals surface area contributed by atoms with Crippen LogP contribution in [0, 0.1) is 0 Å². The zero-order valence-electron chi connectivity index (χ0n) is 10.8. The van der Waals surface area contributed by atoms with Crippen molar-refractivity contribution < 1.29 is 10.0 Å². The Morgan fingerprint density at radius 2 is 2.22 bits per heavy atom. The molecule has 0 aliphatic rings. The largest absolute Gasteiger partial charge is 0.409 e. The van der Waals surface area contributed by atoms with Crippen LogP contribution in [0.4, 0.5) is 0 Å². The second-order valence-electron chi connectivity index (χ2n) is 4.10. The number of carbonyl (C=O) groups excluding carboxylic acids is 1. The molecule has 100 valence electrons. The summed E-state index contributed by atoms with van der Waals surface area (Å²) in [6, 6.07) is 1.61. The van der Waals surface area contributed by atoms with Crippen LogP contribution < -0.4 is 11.1 Å². The SMILES string of the molecule is CCC(CC)(NC(=O)c1ccn(C)n1)/C(N)=N/O. The van der Waals surface area contributed by atoms with Crippen molar-refractivity contribution in [2.75, 3.05) is 0 Å². The van der Waals surface area contributed by atoms with Crippen molar-refractivity contribution in [1.82, 2.24) is 15.1 Å². The van der Waals surface area contributed by atoms with Gasteiger partial charge in [-0.05, 0) is 18.9 Å². The van der Waals surface area contributed by atoms with E-state index in [2.05, 4.69) is 15.6 Å². The molecule has 0 atom stereocenters. The first-order chi connectivity index (χ1) is 8.49. The lowest BCUT2D eigenvalue weighted by atomic mass is 9.91. The lowest BCUT2D eigenvalue weighted by Gasteiger charge is -2.30. The number of nitrogens with two attached hydrogens (primary N) is 1. The maximum absolute atomic E-state index is 12.0. The molecule has 1 heterocycles. The molecule has 7 heteroatoms. The number of aromatic nitrogens is 2. The van der Waals surface area contributed by atoms with Gasteiger partial charge in [-0.15, -0.1) is 0 Å². The smallest absolute Gasteiger partial charge is 0.272 e. The maximum atomic E-state index is 12.0. The van der Waals surface area contributed by atoms with E-state index in [0.29, 0.717) is 18.5 Å². The minimum atomic E-state index is -0.844. The first-order valence-corrected chi connectivity index (χ1v) is 5.79. The van der Waals surface area contributed by atoms with Crippen LogP contribution in [-0.4, -0.2) is 32.3 Å². The molecule has 1 rings (SSSR count). The molecule has 0 aliphatic carbocycles. The molecule has 0 saturated carbocycles. The maximum Gasteiger partial charge on any atom is 0.272 e. The molecule has 0 bridgehead atoms. The molecule has 7 nitrogen and oxygen atoms in total. The van der Waals surface area contributed by atoms with E-state index in [1.54, 1.807) is 19.3 Å². The van der Waals surface area contributed by atoms with Gasteiger partial charge in [-0.25, -0.2) is 0 Å². The predicted molar refractivity (Wildman–Crippen MR) is 67.4 cm³/mol. The Balaban J connectivity index is 2.95. The molecular formula is C11H19N5O2. The number of nitrogens with zero attached hydrogens (tertiary/aromatic N) is 3. The predicted octanol–water partition coefficient (Wildman–Crippen LogP) is 0.455. The summed E-state index contributed by atoms with van der Waals surface area (Å²) >= 11 is 0. The van der Waals surface area contributed by atoms with Crippen molar-refractivity contribution in [3.8, 4) is 0 Å². The normalized spacial score (nSPS) is 12.5. The van der Waals surface area contributed by atoms with Gasteiger partial charge in [-0.1, -0.05) is 19.0 Å². The van der Waals surface area contributed by atoms with E-state index in [-0.39, 0.29) is 11.7 Å². The average molecular weight is 253 g/mol. The molecule has 1 aromatic rings. The van der Waals surface area contributed by atoms with Crippen molar-refractivity contribution in [2.24, 2.45) is 17.9 Å².